The van der Waals surface area contributed by atoms with Crippen LogP contribution in [0.5, 0.6) is 0 Å². The minimum absolute atomic E-state index is 0.225. The number of hydrogen-bond donors (Lipinski definition) is 0. The first-order chi connectivity index (χ1) is 13.3. The van der Waals surface area contributed by atoms with Gasteiger partial charge < -0.3 is 4.90 Å². The average Bonchev–Trinajstić information content (AvgIpc) is 3.18. The van der Waals surface area contributed by atoms with E-state index in [4.69, 9.17) is 0 Å². The van der Waals surface area contributed by atoms with Gasteiger partial charge >= 0.3 is 0 Å². The third kappa shape index (κ3) is 4.34. The molecule has 0 bridgehead atoms. The van der Waals surface area contributed by atoms with E-state index in [1.807, 2.05) is 17.0 Å². The van der Waals surface area contributed by atoms with E-state index in [9.17, 15) is 4.79 Å². The van der Waals surface area contributed by atoms with Crippen LogP contribution in [0.2, 0.25) is 0 Å². The van der Waals surface area contributed by atoms with Crippen LogP contribution in [-0.2, 0) is 4.79 Å². The Balaban J connectivity index is 1.54. The summed E-state index contributed by atoms with van der Waals surface area (Å²) in [4.78, 5) is 18.7. The van der Waals surface area contributed by atoms with Crippen molar-refractivity contribution in [1.82, 2.24) is 24.6 Å². The van der Waals surface area contributed by atoms with Gasteiger partial charge in [-0.1, -0.05) is 31.0 Å². The lowest BCUT2D eigenvalue weighted by Crippen LogP contribution is -2.36. The first-order valence-electron chi connectivity index (χ1n) is 10.1. The van der Waals surface area contributed by atoms with Crippen LogP contribution in [0.4, 0.5) is 0 Å². The lowest BCUT2D eigenvalue weighted by atomic mass is 9.95. The van der Waals surface area contributed by atoms with Crippen molar-refractivity contribution >= 4 is 17.7 Å². The summed E-state index contributed by atoms with van der Waals surface area (Å²) >= 11 is 1.54. The van der Waals surface area contributed by atoms with Gasteiger partial charge in [0.05, 0.1) is 5.75 Å². The number of aromatic nitrogens is 4. The highest BCUT2D eigenvalue weighted by Gasteiger charge is 2.25. The van der Waals surface area contributed by atoms with Crippen LogP contribution in [0.15, 0.2) is 29.7 Å². The second-order valence-electron chi connectivity index (χ2n) is 7.43. The number of amides is 1. The number of hydrogen-bond acceptors (Lipinski definition) is 5. The van der Waals surface area contributed by atoms with E-state index in [1.165, 1.54) is 25.7 Å². The fraction of sp³-hybridized carbons (Fsp3) is 0.600. The Hall–Kier alpha value is -1.89. The van der Waals surface area contributed by atoms with Gasteiger partial charge in [-0.2, -0.15) is 0 Å². The largest absolute Gasteiger partial charge is 0.342 e. The van der Waals surface area contributed by atoms with Crippen molar-refractivity contribution in [3.05, 3.63) is 24.5 Å². The summed E-state index contributed by atoms with van der Waals surface area (Å²) in [5, 5.41) is 9.84. The van der Waals surface area contributed by atoms with Gasteiger partial charge in [0.25, 0.3) is 0 Å². The van der Waals surface area contributed by atoms with E-state index in [2.05, 4.69) is 19.7 Å². The predicted molar refractivity (Wildman–Crippen MR) is 107 cm³/mol. The summed E-state index contributed by atoms with van der Waals surface area (Å²) in [6, 6.07) is 4.39. The van der Waals surface area contributed by atoms with Gasteiger partial charge in [0.1, 0.15) is 0 Å². The molecule has 0 atom stereocenters. The van der Waals surface area contributed by atoms with Crippen LogP contribution in [0.1, 0.15) is 57.4 Å². The number of thioether (sulfide) groups is 1. The first kappa shape index (κ1) is 18.5. The minimum atomic E-state index is 0.225. The Morgan fingerprint density at radius 3 is 2.44 bits per heavy atom. The van der Waals surface area contributed by atoms with Crippen molar-refractivity contribution in [3.63, 3.8) is 0 Å². The first-order valence-corrected chi connectivity index (χ1v) is 11.1. The molecular weight excluding hydrogens is 358 g/mol. The molecule has 0 radical (unpaired) electrons. The van der Waals surface area contributed by atoms with Crippen LogP contribution in [0.25, 0.3) is 11.4 Å². The van der Waals surface area contributed by atoms with Gasteiger partial charge in [0.15, 0.2) is 11.0 Å². The standard InChI is InChI=1S/C20H27N5OS/c26-18(24-13-5-2-6-14-24)15-27-20-23-22-19(16-9-11-21-12-10-16)25(20)17-7-3-1-4-8-17/h9-12,17H,1-8,13-15H2. The second-order valence-corrected chi connectivity index (χ2v) is 8.38. The molecule has 1 aliphatic heterocycles. The maximum absolute atomic E-state index is 12.6. The van der Waals surface area contributed by atoms with E-state index >= 15 is 0 Å². The van der Waals surface area contributed by atoms with Crippen molar-refractivity contribution in [2.75, 3.05) is 18.8 Å². The van der Waals surface area contributed by atoms with Crippen molar-refractivity contribution in [1.29, 1.82) is 0 Å². The van der Waals surface area contributed by atoms with Crippen LogP contribution >= 0.6 is 11.8 Å². The molecule has 4 rings (SSSR count). The van der Waals surface area contributed by atoms with Gasteiger partial charge in [-0.05, 0) is 44.2 Å². The fourth-order valence-corrected chi connectivity index (χ4v) is 5.01. The highest BCUT2D eigenvalue weighted by atomic mass is 32.2. The third-order valence-corrected chi connectivity index (χ3v) is 6.50. The van der Waals surface area contributed by atoms with Gasteiger partial charge in [-0.25, -0.2) is 0 Å². The summed E-state index contributed by atoms with van der Waals surface area (Å²) in [7, 11) is 0. The molecule has 1 saturated carbocycles. The molecule has 3 heterocycles. The zero-order valence-electron chi connectivity index (χ0n) is 15.7. The van der Waals surface area contributed by atoms with Crippen LogP contribution in [0.3, 0.4) is 0 Å². The number of pyridine rings is 1. The molecule has 27 heavy (non-hydrogen) atoms. The maximum atomic E-state index is 12.6. The molecule has 2 aromatic heterocycles. The number of rotatable bonds is 5. The maximum Gasteiger partial charge on any atom is 0.233 e. The molecule has 0 unspecified atom stereocenters. The number of likely N-dealkylation sites (tertiary alicyclic amines) is 1. The molecule has 6 nitrogen and oxygen atoms in total. The van der Waals surface area contributed by atoms with Crippen molar-refractivity contribution in [2.24, 2.45) is 0 Å². The molecule has 0 N–H and O–H groups in total. The molecule has 0 aromatic carbocycles. The summed E-state index contributed by atoms with van der Waals surface area (Å²) in [6.45, 7) is 1.80. The summed E-state index contributed by atoms with van der Waals surface area (Å²) in [5.41, 5.74) is 1.04. The van der Waals surface area contributed by atoms with E-state index in [0.717, 1.165) is 55.3 Å². The van der Waals surface area contributed by atoms with Crippen molar-refractivity contribution in [2.45, 2.75) is 62.6 Å². The Kier molecular flexibility index (Phi) is 6.07. The Labute approximate surface area is 164 Å². The monoisotopic (exact) mass is 385 g/mol. The molecule has 0 spiro atoms. The van der Waals surface area contributed by atoms with Crippen LogP contribution in [0, 0.1) is 0 Å². The third-order valence-electron chi connectivity index (χ3n) is 5.58. The summed E-state index contributed by atoms with van der Waals surface area (Å²) in [5.74, 6) is 1.57. The number of piperidine rings is 1. The van der Waals surface area contributed by atoms with Crippen LogP contribution < -0.4 is 0 Å². The number of carbonyl (C=O) groups is 1. The highest BCUT2D eigenvalue weighted by molar-refractivity contribution is 7.99. The van der Waals surface area contributed by atoms with E-state index in [-0.39, 0.29) is 5.91 Å². The highest BCUT2D eigenvalue weighted by Crippen LogP contribution is 2.35. The van der Waals surface area contributed by atoms with E-state index in [1.54, 1.807) is 24.2 Å². The number of carbonyl (C=O) groups excluding carboxylic acids is 1. The molecule has 1 aliphatic carbocycles. The smallest absolute Gasteiger partial charge is 0.233 e. The number of nitrogens with zero attached hydrogens (tertiary/aromatic N) is 5. The van der Waals surface area contributed by atoms with Gasteiger partial charge in [-0.3, -0.25) is 14.3 Å². The Bertz CT molecular complexity index is 751. The summed E-state index contributed by atoms with van der Waals surface area (Å²) < 4.78 is 2.28. The van der Waals surface area contributed by atoms with Gasteiger partial charge in [-0.15, -0.1) is 10.2 Å². The molecule has 144 valence electrons. The molecule has 2 aromatic rings. The summed E-state index contributed by atoms with van der Waals surface area (Å²) in [6.07, 6.45) is 13.2. The molecule has 7 heteroatoms. The molecule has 1 saturated heterocycles. The van der Waals surface area contributed by atoms with Gasteiger partial charge in [0.2, 0.25) is 5.91 Å². The van der Waals surface area contributed by atoms with E-state index < -0.39 is 0 Å². The van der Waals surface area contributed by atoms with Crippen molar-refractivity contribution in [3.8, 4) is 11.4 Å². The normalized spacial score (nSPS) is 18.6. The lowest BCUT2D eigenvalue weighted by molar-refractivity contribution is -0.129. The lowest BCUT2D eigenvalue weighted by Gasteiger charge is -2.27. The minimum Gasteiger partial charge on any atom is -0.342 e. The SMILES string of the molecule is O=C(CSc1nnc(-c2ccncc2)n1C1CCCCC1)N1CCCCC1. The van der Waals surface area contributed by atoms with Gasteiger partial charge in [0, 0.05) is 37.1 Å². The topological polar surface area (TPSA) is 63.9 Å². The molecule has 2 aliphatic rings. The zero-order valence-corrected chi connectivity index (χ0v) is 16.5. The zero-order chi connectivity index (χ0) is 18.5. The molecular formula is C20H27N5OS. The second kappa shape index (κ2) is 8.87. The van der Waals surface area contributed by atoms with Crippen molar-refractivity contribution < 1.29 is 4.79 Å². The quantitative estimate of drug-likeness (QED) is 0.729. The Morgan fingerprint density at radius 1 is 1.00 bits per heavy atom. The Morgan fingerprint density at radius 2 is 1.70 bits per heavy atom. The molecule has 1 amide bonds. The molecule has 2 fully saturated rings. The average molecular weight is 386 g/mol. The predicted octanol–water partition coefficient (Wildman–Crippen LogP) is 3.95. The van der Waals surface area contributed by atoms with E-state index in [0.29, 0.717) is 11.8 Å². The fourth-order valence-electron chi connectivity index (χ4n) is 4.10. The van der Waals surface area contributed by atoms with Crippen LogP contribution in [-0.4, -0.2) is 49.4 Å².